The molecule has 0 spiro atoms. The number of nitrogens with zero attached hydrogens (tertiary/aromatic N) is 3. The number of hydrogen-bond donors (Lipinski definition) is 1. The monoisotopic (exact) mass is 262 g/mol. The van der Waals surface area contributed by atoms with Gasteiger partial charge in [0.15, 0.2) is 0 Å². The minimum atomic E-state index is -4.11. The van der Waals surface area contributed by atoms with E-state index in [1.807, 2.05) is 0 Å². The zero-order valence-corrected chi connectivity index (χ0v) is 10.2. The fourth-order valence-electron chi connectivity index (χ4n) is 2.47. The largest absolute Gasteiger partial charge is 0.393 e. The van der Waals surface area contributed by atoms with Gasteiger partial charge in [-0.05, 0) is 12.8 Å². The molecule has 0 radical (unpaired) electrons. The van der Waals surface area contributed by atoms with Crippen LogP contribution in [0.5, 0.6) is 0 Å². The molecule has 2 rings (SSSR count). The summed E-state index contributed by atoms with van der Waals surface area (Å²) in [7, 11) is 1.73. The molecule has 18 heavy (non-hydrogen) atoms. The van der Waals surface area contributed by atoms with Crippen LogP contribution in [0.3, 0.4) is 0 Å². The Balaban J connectivity index is 1.96. The second-order valence-electron chi connectivity index (χ2n) is 4.77. The van der Waals surface area contributed by atoms with Gasteiger partial charge >= 0.3 is 6.18 Å². The van der Waals surface area contributed by atoms with E-state index >= 15 is 0 Å². The van der Waals surface area contributed by atoms with Crippen LogP contribution >= 0.6 is 0 Å². The number of aromatic nitrogens is 3. The molecule has 7 heteroatoms. The number of alkyl halides is 3. The second-order valence-corrected chi connectivity index (χ2v) is 4.77. The van der Waals surface area contributed by atoms with Crippen LogP contribution in [0.1, 0.15) is 31.4 Å². The summed E-state index contributed by atoms with van der Waals surface area (Å²) < 4.78 is 40.2. The zero-order chi connectivity index (χ0) is 13.2. The fourth-order valence-corrected chi connectivity index (χ4v) is 2.47. The highest BCUT2D eigenvalue weighted by Gasteiger charge is 2.45. The molecule has 102 valence electrons. The van der Waals surface area contributed by atoms with Crippen molar-refractivity contribution in [3.05, 3.63) is 11.9 Å². The molecular weight excluding hydrogens is 245 g/mol. The highest BCUT2D eigenvalue weighted by molar-refractivity contribution is 4.94. The molecule has 2 unspecified atom stereocenters. The van der Waals surface area contributed by atoms with Gasteiger partial charge in [0.2, 0.25) is 0 Å². The summed E-state index contributed by atoms with van der Waals surface area (Å²) in [4.78, 5) is 0. The Kier molecular flexibility index (Phi) is 3.89. The topological polar surface area (TPSA) is 42.7 Å². The lowest BCUT2D eigenvalue weighted by Crippen LogP contribution is -2.45. The Morgan fingerprint density at radius 1 is 1.39 bits per heavy atom. The second kappa shape index (κ2) is 5.26. The molecule has 1 heterocycles. The van der Waals surface area contributed by atoms with Crippen LogP contribution in [-0.4, -0.2) is 27.2 Å². The van der Waals surface area contributed by atoms with Gasteiger partial charge in [0.25, 0.3) is 0 Å². The Morgan fingerprint density at radius 3 is 2.72 bits per heavy atom. The van der Waals surface area contributed by atoms with Crippen LogP contribution in [0.2, 0.25) is 0 Å². The van der Waals surface area contributed by atoms with Crippen LogP contribution in [0, 0.1) is 5.92 Å². The van der Waals surface area contributed by atoms with Gasteiger partial charge in [-0.2, -0.15) is 13.2 Å². The summed E-state index contributed by atoms with van der Waals surface area (Å²) in [5.41, 5.74) is 0.793. The normalized spacial score (nSPS) is 25.3. The predicted octanol–water partition coefficient (Wildman–Crippen LogP) is 2.03. The molecule has 1 fully saturated rings. The average molecular weight is 262 g/mol. The molecule has 1 N–H and O–H groups in total. The van der Waals surface area contributed by atoms with Gasteiger partial charge in [0, 0.05) is 19.6 Å². The van der Waals surface area contributed by atoms with E-state index in [-0.39, 0.29) is 6.42 Å². The van der Waals surface area contributed by atoms with Crippen LogP contribution in [0.15, 0.2) is 6.20 Å². The first-order valence-electron chi connectivity index (χ1n) is 6.12. The van der Waals surface area contributed by atoms with Crippen molar-refractivity contribution in [1.82, 2.24) is 20.3 Å². The number of rotatable bonds is 3. The van der Waals surface area contributed by atoms with E-state index in [2.05, 4.69) is 15.6 Å². The Bertz CT molecular complexity index is 388. The summed E-state index contributed by atoms with van der Waals surface area (Å²) in [6.45, 7) is 0.376. The number of aryl methyl sites for hydroxylation is 1. The lowest BCUT2D eigenvalue weighted by molar-refractivity contribution is -0.189. The molecule has 1 saturated carbocycles. The van der Waals surface area contributed by atoms with Crippen molar-refractivity contribution in [1.29, 1.82) is 0 Å². The maximum absolute atomic E-state index is 12.9. The Morgan fingerprint density at radius 2 is 2.11 bits per heavy atom. The van der Waals surface area contributed by atoms with E-state index in [0.29, 0.717) is 19.4 Å². The van der Waals surface area contributed by atoms with Crippen molar-refractivity contribution in [3.8, 4) is 0 Å². The average Bonchev–Trinajstić information content (AvgIpc) is 2.71. The maximum Gasteiger partial charge on any atom is 0.393 e. The number of halogens is 3. The summed E-state index contributed by atoms with van der Waals surface area (Å²) in [5.74, 6) is -1.23. The van der Waals surface area contributed by atoms with Crippen molar-refractivity contribution < 1.29 is 13.2 Å². The van der Waals surface area contributed by atoms with E-state index < -0.39 is 18.1 Å². The maximum atomic E-state index is 12.9. The van der Waals surface area contributed by atoms with E-state index in [4.69, 9.17) is 0 Å². The first-order chi connectivity index (χ1) is 8.48. The van der Waals surface area contributed by atoms with Crippen molar-refractivity contribution in [2.45, 2.75) is 44.4 Å². The quantitative estimate of drug-likeness (QED) is 0.906. The third kappa shape index (κ3) is 3.01. The molecule has 4 nitrogen and oxygen atoms in total. The predicted molar refractivity (Wildman–Crippen MR) is 59.6 cm³/mol. The van der Waals surface area contributed by atoms with Crippen LogP contribution in [0.4, 0.5) is 13.2 Å². The fraction of sp³-hybridized carbons (Fsp3) is 0.818. The van der Waals surface area contributed by atoms with Gasteiger partial charge in [-0.25, -0.2) is 0 Å². The summed E-state index contributed by atoms with van der Waals surface area (Å²) >= 11 is 0. The van der Waals surface area contributed by atoms with Gasteiger partial charge in [0.05, 0.1) is 17.8 Å². The SMILES string of the molecule is Cn1nncc1CNC1CCCCC1C(F)(F)F. The van der Waals surface area contributed by atoms with Crippen molar-refractivity contribution in [2.75, 3.05) is 0 Å². The third-order valence-electron chi connectivity index (χ3n) is 3.54. The summed E-state index contributed by atoms with van der Waals surface area (Å²) in [5, 5.41) is 10.5. The van der Waals surface area contributed by atoms with Crippen molar-refractivity contribution in [2.24, 2.45) is 13.0 Å². The highest BCUT2D eigenvalue weighted by atomic mass is 19.4. The molecule has 2 atom stereocenters. The van der Waals surface area contributed by atoms with Gasteiger partial charge in [0.1, 0.15) is 0 Å². The lowest BCUT2D eigenvalue weighted by atomic mass is 9.84. The zero-order valence-electron chi connectivity index (χ0n) is 10.2. The van der Waals surface area contributed by atoms with Crippen molar-refractivity contribution >= 4 is 0 Å². The smallest absolute Gasteiger partial charge is 0.308 e. The summed E-state index contributed by atoms with van der Waals surface area (Å²) in [6, 6.07) is -0.492. The Labute approximate surface area is 104 Å². The van der Waals surface area contributed by atoms with E-state index in [1.165, 1.54) is 0 Å². The molecule has 1 aliphatic rings. The molecular formula is C11H17F3N4. The van der Waals surface area contributed by atoms with Gasteiger partial charge in [-0.1, -0.05) is 18.1 Å². The first kappa shape index (κ1) is 13.3. The van der Waals surface area contributed by atoms with Crippen LogP contribution in [0.25, 0.3) is 0 Å². The molecule has 1 aliphatic carbocycles. The summed E-state index contributed by atoms with van der Waals surface area (Å²) in [6.07, 6.45) is -0.217. The minimum absolute atomic E-state index is 0.227. The third-order valence-corrected chi connectivity index (χ3v) is 3.54. The molecule has 1 aromatic rings. The van der Waals surface area contributed by atoms with Crippen molar-refractivity contribution in [3.63, 3.8) is 0 Å². The molecule has 0 saturated heterocycles. The molecule has 0 aromatic carbocycles. The van der Waals surface area contributed by atoms with Gasteiger partial charge in [-0.3, -0.25) is 4.68 Å². The van der Waals surface area contributed by atoms with E-state index in [0.717, 1.165) is 12.1 Å². The standard InChI is InChI=1S/C11H17F3N4/c1-18-8(7-16-17-18)6-15-10-5-3-2-4-9(10)11(12,13)14/h7,9-10,15H,2-6H2,1H3. The molecule has 0 bridgehead atoms. The molecule has 1 aromatic heterocycles. The molecule has 0 amide bonds. The van der Waals surface area contributed by atoms with Crippen LogP contribution in [-0.2, 0) is 13.6 Å². The van der Waals surface area contributed by atoms with E-state index in [9.17, 15) is 13.2 Å². The highest BCUT2D eigenvalue weighted by Crippen LogP contribution is 2.37. The first-order valence-corrected chi connectivity index (χ1v) is 6.12. The molecule has 0 aliphatic heterocycles. The van der Waals surface area contributed by atoms with Gasteiger partial charge < -0.3 is 5.32 Å². The van der Waals surface area contributed by atoms with Gasteiger partial charge in [-0.15, -0.1) is 5.10 Å². The van der Waals surface area contributed by atoms with Crippen LogP contribution < -0.4 is 5.32 Å². The lowest BCUT2D eigenvalue weighted by Gasteiger charge is -2.33. The minimum Gasteiger partial charge on any atom is -0.308 e. The number of hydrogen-bond acceptors (Lipinski definition) is 3. The van der Waals surface area contributed by atoms with E-state index in [1.54, 1.807) is 17.9 Å². The Hall–Kier alpha value is -1.11. The number of nitrogens with one attached hydrogen (secondary N) is 1.